The molecule has 6 heteroatoms. The highest BCUT2D eigenvalue weighted by molar-refractivity contribution is 5.68. The highest BCUT2D eigenvalue weighted by Crippen LogP contribution is 2.29. The third-order valence-electron chi connectivity index (χ3n) is 6.05. The van der Waals surface area contributed by atoms with E-state index < -0.39 is 29.6 Å². The molecule has 0 aliphatic rings. The van der Waals surface area contributed by atoms with Gasteiger partial charge in [-0.2, -0.15) is 0 Å². The van der Waals surface area contributed by atoms with Crippen LogP contribution in [0, 0.1) is 17.8 Å². The van der Waals surface area contributed by atoms with Gasteiger partial charge in [0.05, 0.1) is 0 Å². The molecule has 0 rings (SSSR count). The zero-order valence-electron chi connectivity index (χ0n) is 21.8. The van der Waals surface area contributed by atoms with E-state index in [1.807, 2.05) is 0 Å². The number of esters is 3. The van der Waals surface area contributed by atoms with E-state index >= 15 is 0 Å². The van der Waals surface area contributed by atoms with Gasteiger partial charge in [-0.3, -0.25) is 14.4 Å². The fraction of sp³-hybridized carbons (Fsp3) is 0.885. The van der Waals surface area contributed by atoms with Gasteiger partial charge >= 0.3 is 17.9 Å². The Hall–Kier alpha value is -1.59. The van der Waals surface area contributed by atoms with E-state index in [0.29, 0.717) is 12.3 Å². The zero-order chi connectivity index (χ0) is 24.7. The molecule has 0 aromatic rings. The summed E-state index contributed by atoms with van der Waals surface area (Å²) in [5.74, 6) is 0.705. The maximum atomic E-state index is 11.7. The second-order valence-electron chi connectivity index (χ2n) is 10.2. The Bertz CT molecular complexity index is 559. The lowest BCUT2D eigenvalue weighted by atomic mass is 9.88. The van der Waals surface area contributed by atoms with Crippen molar-refractivity contribution in [3.63, 3.8) is 0 Å². The van der Waals surface area contributed by atoms with Crippen LogP contribution in [0.3, 0.4) is 0 Å². The van der Waals surface area contributed by atoms with Gasteiger partial charge in [0.1, 0.15) is 12.2 Å². The van der Waals surface area contributed by atoms with Gasteiger partial charge in [-0.05, 0) is 37.5 Å². The molecule has 4 atom stereocenters. The first kappa shape index (κ1) is 30.4. The lowest BCUT2D eigenvalue weighted by molar-refractivity contribution is -0.190. The Labute approximate surface area is 196 Å². The molecule has 0 aliphatic heterocycles. The van der Waals surface area contributed by atoms with Crippen LogP contribution in [0.2, 0.25) is 0 Å². The summed E-state index contributed by atoms with van der Waals surface area (Å²) in [5, 5.41) is 0. The molecule has 0 aliphatic carbocycles. The fourth-order valence-electron chi connectivity index (χ4n) is 4.11. The van der Waals surface area contributed by atoms with Crippen molar-refractivity contribution in [1.82, 2.24) is 0 Å². The predicted molar refractivity (Wildman–Crippen MR) is 127 cm³/mol. The van der Waals surface area contributed by atoms with E-state index in [0.717, 1.165) is 24.7 Å². The number of hydrogen-bond donors (Lipinski definition) is 0. The molecule has 0 amide bonds. The van der Waals surface area contributed by atoms with Gasteiger partial charge in [0, 0.05) is 20.8 Å². The second kappa shape index (κ2) is 16.1. The monoisotopic (exact) mass is 456 g/mol. The molecule has 0 N–H and O–H groups in total. The van der Waals surface area contributed by atoms with Crippen molar-refractivity contribution >= 4 is 17.9 Å². The molecule has 0 heterocycles. The molecule has 0 fully saturated rings. The first-order valence-corrected chi connectivity index (χ1v) is 12.4. The van der Waals surface area contributed by atoms with Crippen molar-refractivity contribution in [3.05, 3.63) is 0 Å². The van der Waals surface area contributed by atoms with Crippen molar-refractivity contribution in [2.45, 2.75) is 125 Å². The molecule has 0 saturated carbocycles. The van der Waals surface area contributed by atoms with Gasteiger partial charge in [-0.25, -0.2) is 0 Å². The number of rotatable bonds is 17. The van der Waals surface area contributed by atoms with Crippen LogP contribution in [0.25, 0.3) is 0 Å². The lowest BCUT2D eigenvalue weighted by Crippen LogP contribution is -2.48. The highest BCUT2D eigenvalue weighted by atomic mass is 16.6. The molecule has 6 nitrogen and oxygen atoms in total. The summed E-state index contributed by atoms with van der Waals surface area (Å²) in [6, 6.07) is 0. The van der Waals surface area contributed by atoms with Crippen molar-refractivity contribution in [3.8, 4) is 0 Å². The van der Waals surface area contributed by atoms with Gasteiger partial charge in [-0.15, -0.1) is 0 Å². The molecule has 0 saturated heterocycles. The van der Waals surface area contributed by atoms with Crippen LogP contribution in [-0.4, -0.2) is 36.2 Å². The highest BCUT2D eigenvalue weighted by Gasteiger charge is 2.40. The van der Waals surface area contributed by atoms with Crippen molar-refractivity contribution in [1.29, 1.82) is 0 Å². The quantitative estimate of drug-likeness (QED) is 0.190. The molecular formula is C26H48O6. The molecule has 0 radical (unpaired) electrons. The van der Waals surface area contributed by atoms with Crippen molar-refractivity contribution < 1.29 is 28.6 Å². The summed E-state index contributed by atoms with van der Waals surface area (Å²) in [6.45, 7) is 14.7. The number of carbonyl (C=O) groups is 3. The maximum absolute atomic E-state index is 11.7. The average Bonchev–Trinajstić information content (AvgIpc) is 2.63. The first-order chi connectivity index (χ1) is 14.9. The predicted octanol–water partition coefficient (Wildman–Crippen LogP) is 6.24. The van der Waals surface area contributed by atoms with Crippen LogP contribution in [0.1, 0.15) is 113 Å². The van der Waals surface area contributed by atoms with E-state index in [1.165, 1.54) is 59.3 Å². The molecule has 32 heavy (non-hydrogen) atoms. The first-order valence-electron chi connectivity index (χ1n) is 12.4. The molecule has 4 unspecified atom stereocenters. The third-order valence-corrected chi connectivity index (χ3v) is 6.05. The Morgan fingerprint density at radius 2 is 1.22 bits per heavy atom. The molecular weight excluding hydrogens is 408 g/mol. The topological polar surface area (TPSA) is 78.9 Å². The minimum atomic E-state index is -1.04. The Morgan fingerprint density at radius 1 is 0.719 bits per heavy atom. The zero-order valence-corrected chi connectivity index (χ0v) is 21.8. The molecule has 188 valence electrons. The SMILES string of the molecule is CC(=O)OCC(OC(C)=O)C(C)(CCCC(C)CCCC(C)CCCC(C)C)OC(C)=O. The van der Waals surface area contributed by atoms with Crippen LogP contribution < -0.4 is 0 Å². The minimum Gasteiger partial charge on any atom is -0.462 e. The summed E-state index contributed by atoms with van der Waals surface area (Å²) < 4.78 is 16.0. The van der Waals surface area contributed by atoms with Gasteiger partial charge < -0.3 is 14.2 Å². The Balaban J connectivity index is 4.63. The average molecular weight is 457 g/mol. The number of carbonyl (C=O) groups excluding carboxylic acids is 3. The normalized spacial score (nSPS) is 16.0. The fourth-order valence-corrected chi connectivity index (χ4v) is 4.11. The molecule has 0 bridgehead atoms. The van der Waals surface area contributed by atoms with E-state index in [1.54, 1.807) is 6.92 Å². The second-order valence-corrected chi connectivity index (χ2v) is 10.2. The standard InChI is InChI=1S/C26H48O6/c1-19(2)12-9-13-20(3)14-10-15-21(4)16-11-17-26(8,32-24(7)29)25(31-23(6)28)18-30-22(5)27/h19-21,25H,9-18H2,1-8H3. The Kier molecular flexibility index (Phi) is 15.3. The van der Waals surface area contributed by atoms with Gasteiger partial charge in [0.2, 0.25) is 0 Å². The van der Waals surface area contributed by atoms with E-state index in [2.05, 4.69) is 27.7 Å². The summed E-state index contributed by atoms with van der Waals surface area (Å²) in [5.41, 5.74) is -1.04. The summed E-state index contributed by atoms with van der Waals surface area (Å²) in [6.07, 6.45) is 9.14. The minimum absolute atomic E-state index is 0.136. The molecule has 0 aromatic heterocycles. The van der Waals surface area contributed by atoms with E-state index in [9.17, 15) is 14.4 Å². The molecule has 0 spiro atoms. The largest absolute Gasteiger partial charge is 0.462 e. The van der Waals surface area contributed by atoms with Crippen LogP contribution in [-0.2, 0) is 28.6 Å². The lowest BCUT2D eigenvalue weighted by Gasteiger charge is -2.36. The summed E-state index contributed by atoms with van der Waals surface area (Å²) in [4.78, 5) is 34.6. The summed E-state index contributed by atoms with van der Waals surface area (Å²) >= 11 is 0. The van der Waals surface area contributed by atoms with Crippen LogP contribution in [0.4, 0.5) is 0 Å². The smallest absolute Gasteiger partial charge is 0.303 e. The van der Waals surface area contributed by atoms with Crippen molar-refractivity contribution in [2.24, 2.45) is 17.8 Å². The van der Waals surface area contributed by atoms with Crippen LogP contribution >= 0.6 is 0 Å². The molecule has 0 aromatic carbocycles. The van der Waals surface area contributed by atoms with Gasteiger partial charge in [0.25, 0.3) is 0 Å². The third kappa shape index (κ3) is 15.3. The van der Waals surface area contributed by atoms with E-state index in [4.69, 9.17) is 14.2 Å². The summed E-state index contributed by atoms with van der Waals surface area (Å²) in [7, 11) is 0. The maximum Gasteiger partial charge on any atom is 0.303 e. The Morgan fingerprint density at radius 3 is 1.66 bits per heavy atom. The number of ether oxygens (including phenoxy) is 3. The van der Waals surface area contributed by atoms with Gasteiger partial charge in [-0.1, -0.05) is 72.6 Å². The van der Waals surface area contributed by atoms with E-state index in [-0.39, 0.29) is 6.61 Å². The van der Waals surface area contributed by atoms with Crippen LogP contribution in [0.15, 0.2) is 0 Å². The number of hydrogen-bond acceptors (Lipinski definition) is 6. The van der Waals surface area contributed by atoms with Gasteiger partial charge in [0.15, 0.2) is 6.10 Å². The van der Waals surface area contributed by atoms with Crippen molar-refractivity contribution in [2.75, 3.05) is 6.61 Å². The van der Waals surface area contributed by atoms with Crippen LogP contribution in [0.5, 0.6) is 0 Å².